The van der Waals surface area contributed by atoms with Crippen LogP contribution in [0.25, 0.3) is 0 Å². The Morgan fingerprint density at radius 2 is 1.76 bits per heavy atom. The van der Waals surface area contributed by atoms with Crippen LogP contribution >= 0.6 is 11.3 Å². The van der Waals surface area contributed by atoms with Crippen LogP contribution in [-0.4, -0.2) is 40.5 Å². The summed E-state index contributed by atoms with van der Waals surface area (Å²) in [4.78, 5) is 27.1. The molecule has 0 fully saturated rings. The number of likely N-dealkylation sites (N-methyl/N-ethyl adjacent to an activating group) is 1. The monoisotopic (exact) mass is 361 g/mol. The summed E-state index contributed by atoms with van der Waals surface area (Å²) in [6.07, 6.45) is 0. The summed E-state index contributed by atoms with van der Waals surface area (Å²) in [5.74, 6) is -0.840. The summed E-state index contributed by atoms with van der Waals surface area (Å²) < 4.78 is 0. The molecule has 134 valence electrons. The zero-order chi connectivity index (χ0) is 18.8. The largest absolute Gasteiger partial charge is 0.508 e. The highest BCUT2D eigenvalue weighted by molar-refractivity contribution is 7.14. The van der Waals surface area contributed by atoms with Gasteiger partial charge in [0.2, 0.25) is 5.78 Å². The first-order chi connectivity index (χ1) is 11.6. The lowest BCUT2D eigenvalue weighted by molar-refractivity contribution is -0.138. The maximum absolute atomic E-state index is 12.9. The highest BCUT2D eigenvalue weighted by Crippen LogP contribution is 2.35. The average Bonchev–Trinajstić information content (AvgIpc) is 2.90. The van der Waals surface area contributed by atoms with Crippen molar-refractivity contribution >= 4 is 23.1 Å². The fraction of sp³-hybridized carbons (Fsp3) is 0.368. The Morgan fingerprint density at radius 1 is 1.16 bits per heavy atom. The molecule has 5 nitrogen and oxygen atoms in total. The topological polar surface area (TPSA) is 77.8 Å². The number of phenols is 1. The summed E-state index contributed by atoms with van der Waals surface area (Å²) in [6.45, 7) is 6.57. The summed E-state index contributed by atoms with van der Waals surface area (Å²) in [7, 11) is 1.74. The van der Waals surface area contributed by atoms with E-state index in [1.165, 1.54) is 23.5 Å². The maximum atomic E-state index is 12.9. The van der Waals surface area contributed by atoms with Crippen LogP contribution in [0.5, 0.6) is 5.75 Å². The third kappa shape index (κ3) is 4.90. The minimum atomic E-state index is -0.879. The maximum Gasteiger partial charge on any atom is 0.317 e. The van der Waals surface area contributed by atoms with Crippen molar-refractivity contribution in [1.82, 2.24) is 4.90 Å². The Morgan fingerprint density at radius 3 is 2.28 bits per heavy atom. The van der Waals surface area contributed by atoms with Gasteiger partial charge in [0.1, 0.15) is 5.75 Å². The number of thiophene rings is 1. The first kappa shape index (κ1) is 19.1. The molecule has 0 aliphatic carbocycles. The molecule has 0 bridgehead atoms. The van der Waals surface area contributed by atoms with Crippen LogP contribution in [-0.2, 0) is 16.8 Å². The van der Waals surface area contributed by atoms with Gasteiger partial charge in [-0.3, -0.25) is 14.5 Å². The number of ketones is 1. The van der Waals surface area contributed by atoms with Gasteiger partial charge in [0.05, 0.1) is 11.4 Å². The van der Waals surface area contributed by atoms with Gasteiger partial charge in [-0.25, -0.2) is 0 Å². The van der Waals surface area contributed by atoms with Crippen LogP contribution in [0.1, 0.15) is 46.4 Å². The second-order valence-electron chi connectivity index (χ2n) is 7.15. The van der Waals surface area contributed by atoms with E-state index in [4.69, 9.17) is 5.11 Å². The SMILES string of the molecule is CN(CC(=O)O)Cc1cc(C(C)(C)C)c(C(=O)c2ccc(O)cc2)s1. The van der Waals surface area contributed by atoms with Crippen LogP contribution in [0.2, 0.25) is 0 Å². The summed E-state index contributed by atoms with van der Waals surface area (Å²) >= 11 is 1.40. The van der Waals surface area contributed by atoms with Gasteiger partial charge in [-0.15, -0.1) is 11.3 Å². The van der Waals surface area contributed by atoms with E-state index in [1.807, 2.05) is 26.8 Å². The zero-order valence-electron chi connectivity index (χ0n) is 14.9. The lowest BCUT2D eigenvalue weighted by Crippen LogP contribution is -2.24. The molecule has 1 aromatic carbocycles. The van der Waals surface area contributed by atoms with Crippen molar-refractivity contribution in [3.05, 3.63) is 51.2 Å². The smallest absolute Gasteiger partial charge is 0.317 e. The molecule has 25 heavy (non-hydrogen) atoms. The van der Waals surface area contributed by atoms with Crippen molar-refractivity contribution in [2.24, 2.45) is 0 Å². The van der Waals surface area contributed by atoms with Crippen molar-refractivity contribution in [3.8, 4) is 5.75 Å². The minimum absolute atomic E-state index is 0.0516. The molecule has 0 saturated heterocycles. The van der Waals surface area contributed by atoms with E-state index in [0.29, 0.717) is 17.0 Å². The molecule has 0 unspecified atom stereocenters. The molecule has 6 heteroatoms. The van der Waals surface area contributed by atoms with Crippen molar-refractivity contribution in [1.29, 1.82) is 0 Å². The number of carbonyl (C=O) groups is 2. The van der Waals surface area contributed by atoms with E-state index < -0.39 is 5.97 Å². The molecule has 1 heterocycles. The lowest BCUT2D eigenvalue weighted by Gasteiger charge is -2.19. The number of nitrogens with zero attached hydrogens (tertiary/aromatic N) is 1. The standard InChI is InChI=1S/C19H23NO4S/c1-19(2,3)15-9-14(10-20(4)11-16(22)23)25-18(15)17(24)12-5-7-13(21)8-6-12/h5-9,21H,10-11H2,1-4H3,(H,22,23). The number of rotatable bonds is 6. The van der Waals surface area contributed by atoms with Crippen molar-refractivity contribution in [2.45, 2.75) is 32.7 Å². The third-order valence-corrected chi connectivity index (χ3v) is 4.88. The number of aliphatic carboxylic acids is 1. The molecule has 2 N–H and O–H groups in total. The van der Waals surface area contributed by atoms with Gasteiger partial charge in [-0.05, 0) is 48.4 Å². The number of carboxylic acid groups (broad SMARTS) is 1. The van der Waals surface area contributed by atoms with Crippen LogP contribution < -0.4 is 0 Å². The van der Waals surface area contributed by atoms with Gasteiger partial charge in [0.25, 0.3) is 0 Å². The molecular formula is C19H23NO4S. The third-order valence-electron chi connectivity index (χ3n) is 3.76. The predicted molar refractivity (Wildman–Crippen MR) is 98.5 cm³/mol. The Kier molecular flexibility index (Phi) is 5.65. The van der Waals surface area contributed by atoms with Crippen LogP contribution in [0, 0.1) is 0 Å². The number of carboxylic acids is 1. The van der Waals surface area contributed by atoms with Gasteiger partial charge in [-0.2, -0.15) is 0 Å². The second kappa shape index (κ2) is 7.37. The second-order valence-corrected chi connectivity index (χ2v) is 8.28. The van der Waals surface area contributed by atoms with Gasteiger partial charge >= 0.3 is 5.97 Å². The van der Waals surface area contributed by atoms with E-state index in [9.17, 15) is 14.7 Å². The number of phenolic OH excluding ortho intramolecular Hbond substituents is 1. The lowest BCUT2D eigenvalue weighted by atomic mass is 9.85. The first-order valence-corrected chi connectivity index (χ1v) is 8.77. The van der Waals surface area contributed by atoms with Crippen LogP contribution in [0.4, 0.5) is 0 Å². The highest BCUT2D eigenvalue weighted by atomic mass is 32.1. The molecule has 0 radical (unpaired) electrons. The predicted octanol–water partition coefficient (Wildman–Crippen LogP) is 3.50. The number of hydrogen-bond acceptors (Lipinski definition) is 5. The number of aromatic hydroxyl groups is 1. The van der Waals surface area contributed by atoms with E-state index in [1.54, 1.807) is 24.1 Å². The molecule has 1 aromatic heterocycles. The zero-order valence-corrected chi connectivity index (χ0v) is 15.7. The Bertz CT molecular complexity index is 772. The summed E-state index contributed by atoms with van der Waals surface area (Å²) in [5.41, 5.74) is 1.27. The molecule has 0 saturated carbocycles. The van der Waals surface area contributed by atoms with E-state index >= 15 is 0 Å². The Labute approximate surface area is 151 Å². The quantitative estimate of drug-likeness (QED) is 0.770. The van der Waals surface area contributed by atoms with Gasteiger partial charge < -0.3 is 10.2 Å². The van der Waals surface area contributed by atoms with E-state index in [0.717, 1.165) is 10.4 Å². The summed E-state index contributed by atoms with van der Waals surface area (Å²) in [6, 6.07) is 8.22. The highest BCUT2D eigenvalue weighted by Gasteiger charge is 2.26. The molecule has 2 rings (SSSR count). The minimum Gasteiger partial charge on any atom is -0.508 e. The Hall–Kier alpha value is -2.18. The first-order valence-electron chi connectivity index (χ1n) is 7.95. The van der Waals surface area contributed by atoms with Gasteiger partial charge in [-0.1, -0.05) is 20.8 Å². The van der Waals surface area contributed by atoms with Crippen LogP contribution in [0.15, 0.2) is 30.3 Å². The molecule has 0 aliphatic rings. The van der Waals surface area contributed by atoms with Gasteiger partial charge in [0, 0.05) is 17.0 Å². The van der Waals surface area contributed by atoms with Crippen molar-refractivity contribution in [2.75, 3.05) is 13.6 Å². The number of benzene rings is 1. The average molecular weight is 361 g/mol. The molecule has 0 amide bonds. The Balaban J connectivity index is 2.37. The number of hydrogen-bond donors (Lipinski definition) is 2. The fourth-order valence-electron chi connectivity index (χ4n) is 2.54. The molecule has 2 aromatic rings. The molecule has 0 atom stereocenters. The summed E-state index contributed by atoms with van der Waals surface area (Å²) in [5, 5.41) is 18.3. The molecule has 0 spiro atoms. The van der Waals surface area contributed by atoms with E-state index in [-0.39, 0.29) is 23.5 Å². The fourth-order valence-corrected chi connectivity index (χ4v) is 3.95. The molecular weight excluding hydrogens is 338 g/mol. The van der Waals surface area contributed by atoms with Gasteiger partial charge in [0.15, 0.2) is 0 Å². The number of carbonyl (C=O) groups excluding carboxylic acids is 1. The van der Waals surface area contributed by atoms with E-state index in [2.05, 4.69) is 0 Å². The van der Waals surface area contributed by atoms with Crippen LogP contribution in [0.3, 0.4) is 0 Å². The molecule has 0 aliphatic heterocycles. The van der Waals surface area contributed by atoms with Crippen molar-refractivity contribution < 1.29 is 19.8 Å². The van der Waals surface area contributed by atoms with Crippen molar-refractivity contribution in [3.63, 3.8) is 0 Å². The normalized spacial score (nSPS) is 11.7.